The number of amides is 1. The molecule has 1 amide bonds. The van der Waals surface area contributed by atoms with E-state index in [1.54, 1.807) is 25.1 Å². The molecule has 1 aromatic rings. The lowest BCUT2D eigenvalue weighted by Crippen LogP contribution is -2.48. The molecule has 0 bridgehead atoms. The number of aliphatic imine (C=N–C) groups is 1. The molecule has 0 radical (unpaired) electrons. The minimum Gasteiger partial charge on any atom is -0.505 e. The quantitative estimate of drug-likeness (QED) is 0.579. The zero-order valence-electron chi connectivity index (χ0n) is 14.3. The molecule has 128 valence electrons. The van der Waals surface area contributed by atoms with Crippen molar-refractivity contribution in [3.63, 3.8) is 0 Å². The summed E-state index contributed by atoms with van der Waals surface area (Å²) >= 11 is 0. The maximum Gasteiger partial charge on any atom is 0.240 e. The lowest BCUT2D eigenvalue weighted by atomic mass is 10.1. The fraction of sp³-hybridized carbons (Fsp3) is 0.500. The van der Waals surface area contributed by atoms with E-state index >= 15 is 0 Å². The number of halogens is 1. The second-order valence-corrected chi connectivity index (χ2v) is 6.34. The van der Waals surface area contributed by atoms with Crippen LogP contribution in [0.2, 0.25) is 0 Å². The molecule has 1 aromatic carbocycles. The maximum absolute atomic E-state index is 13.3. The number of guanidine groups is 1. The van der Waals surface area contributed by atoms with Crippen molar-refractivity contribution >= 4 is 11.9 Å². The second kappa shape index (κ2) is 7.80. The predicted octanol–water partition coefficient (Wildman–Crippen LogP) is 1.45. The van der Waals surface area contributed by atoms with Gasteiger partial charge < -0.3 is 20.6 Å². The van der Waals surface area contributed by atoms with Crippen LogP contribution in [-0.4, -0.2) is 48.1 Å². The van der Waals surface area contributed by atoms with E-state index in [0.717, 1.165) is 0 Å². The van der Waals surface area contributed by atoms with E-state index in [0.29, 0.717) is 18.1 Å². The predicted molar refractivity (Wildman–Crippen MR) is 88.8 cm³/mol. The first kappa shape index (κ1) is 18.7. The van der Waals surface area contributed by atoms with Crippen molar-refractivity contribution in [1.82, 2.24) is 15.5 Å². The normalized spacial score (nSPS) is 12.0. The molecule has 7 heteroatoms. The molecule has 0 fully saturated rings. The molecule has 0 saturated carbocycles. The van der Waals surface area contributed by atoms with Crippen LogP contribution < -0.4 is 10.6 Å². The Balaban J connectivity index is 2.59. The first-order valence-corrected chi connectivity index (χ1v) is 7.32. The van der Waals surface area contributed by atoms with Crippen molar-refractivity contribution in [1.29, 1.82) is 0 Å². The van der Waals surface area contributed by atoms with E-state index < -0.39 is 5.82 Å². The van der Waals surface area contributed by atoms with Crippen molar-refractivity contribution in [3.8, 4) is 5.75 Å². The largest absolute Gasteiger partial charge is 0.505 e. The van der Waals surface area contributed by atoms with Gasteiger partial charge in [-0.15, -0.1) is 0 Å². The van der Waals surface area contributed by atoms with E-state index in [4.69, 9.17) is 0 Å². The van der Waals surface area contributed by atoms with Crippen LogP contribution in [0.1, 0.15) is 26.3 Å². The fourth-order valence-corrected chi connectivity index (χ4v) is 1.97. The lowest BCUT2D eigenvalue weighted by Gasteiger charge is -2.25. The fourth-order valence-electron chi connectivity index (χ4n) is 1.97. The molecule has 0 saturated heterocycles. The number of hydrogen-bond acceptors (Lipinski definition) is 3. The van der Waals surface area contributed by atoms with Gasteiger partial charge in [0.2, 0.25) is 5.91 Å². The van der Waals surface area contributed by atoms with Crippen molar-refractivity contribution < 1.29 is 14.3 Å². The Hall–Kier alpha value is -2.31. The van der Waals surface area contributed by atoms with Crippen molar-refractivity contribution in [2.75, 3.05) is 20.6 Å². The SMILES string of the molecule is CN=C(NCc1ccc(O)c(F)c1)N(C)CC(=O)NC(C)(C)C. The summed E-state index contributed by atoms with van der Waals surface area (Å²) in [4.78, 5) is 17.7. The van der Waals surface area contributed by atoms with Gasteiger partial charge in [-0.25, -0.2) is 4.39 Å². The van der Waals surface area contributed by atoms with E-state index in [1.807, 2.05) is 20.8 Å². The van der Waals surface area contributed by atoms with Gasteiger partial charge in [-0.1, -0.05) is 6.07 Å². The summed E-state index contributed by atoms with van der Waals surface area (Å²) in [5, 5.41) is 15.1. The maximum atomic E-state index is 13.3. The van der Waals surface area contributed by atoms with E-state index in [9.17, 15) is 14.3 Å². The van der Waals surface area contributed by atoms with Gasteiger partial charge in [0, 0.05) is 26.2 Å². The third-order valence-corrected chi connectivity index (χ3v) is 2.93. The minimum atomic E-state index is -0.669. The van der Waals surface area contributed by atoms with Crippen LogP contribution in [-0.2, 0) is 11.3 Å². The monoisotopic (exact) mass is 324 g/mol. The molecule has 0 spiro atoms. The Kier molecular flexibility index (Phi) is 6.36. The number of hydrogen-bond donors (Lipinski definition) is 3. The van der Waals surface area contributed by atoms with Gasteiger partial charge in [-0.3, -0.25) is 9.79 Å². The second-order valence-electron chi connectivity index (χ2n) is 6.34. The highest BCUT2D eigenvalue weighted by Crippen LogP contribution is 2.15. The van der Waals surface area contributed by atoms with Crippen molar-refractivity contribution in [2.45, 2.75) is 32.9 Å². The molecule has 0 heterocycles. The zero-order valence-corrected chi connectivity index (χ0v) is 14.3. The van der Waals surface area contributed by atoms with Crippen LogP contribution in [0.5, 0.6) is 5.75 Å². The average molecular weight is 324 g/mol. The van der Waals surface area contributed by atoms with Crippen LogP contribution in [0.15, 0.2) is 23.2 Å². The molecule has 0 unspecified atom stereocenters. The topological polar surface area (TPSA) is 77.0 Å². The molecule has 6 nitrogen and oxygen atoms in total. The van der Waals surface area contributed by atoms with Gasteiger partial charge in [0.15, 0.2) is 17.5 Å². The average Bonchev–Trinajstić information content (AvgIpc) is 2.41. The van der Waals surface area contributed by atoms with Gasteiger partial charge in [-0.2, -0.15) is 0 Å². The summed E-state index contributed by atoms with van der Waals surface area (Å²) in [7, 11) is 3.35. The third kappa shape index (κ3) is 6.54. The molecule has 3 N–H and O–H groups in total. The van der Waals surface area contributed by atoms with Crippen LogP contribution in [0.3, 0.4) is 0 Å². The van der Waals surface area contributed by atoms with Gasteiger partial charge in [0.1, 0.15) is 0 Å². The standard InChI is InChI=1S/C16H25FN4O2/c1-16(2,3)20-14(23)10-21(5)15(18-4)19-9-11-6-7-13(22)12(17)8-11/h6-8,22H,9-10H2,1-5H3,(H,18,19)(H,20,23). The number of aromatic hydroxyl groups is 1. The molecule has 0 aliphatic carbocycles. The molecule has 0 aliphatic rings. The number of carbonyl (C=O) groups excluding carboxylic acids is 1. The summed E-state index contributed by atoms with van der Waals surface area (Å²) < 4.78 is 13.3. The van der Waals surface area contributed by atoms with Crippen molar-refractivity contribution in [3.05, 3.63) is 29.6 Å². The molecule has 0 atom stereocenters. The van der Waals surface area contributed by atoms with Gasteiger partial charge in [-0.05, 0) is 38.5 Å². The van der Waals surface area contributed by atoms with Gasteiger partial charge in [0.25, 0.3) is 0 Å². The number of phenolic OH excluding ortho intramolecular Hbond substituents is 1. The Bertz CT molecular complexity index is 582. The highest BCUT2D eigenvalue weighted by atomic mass is 19.1. The molecular formula is C16H25FN4O2. The molecule has 1 rings (SSSR count). The van der Waals surface area contributed by atoms with Crippen molar-refractivity contribution in [2.24, 2.45) is 4.99 Å². The van der Waals surface area contributed by atoms with E-state index in [1.165, 1.54) is 12.1 Å². The number of benzene rings is 1. The first-order valence-electron chi connectivity index (χ1n) is 7.32. The van der Waals surface area contributed by atoms with E-state index in [2.05, 4.69) is 15.6 Å². The summed E-state index contributed by atoms with van der Waals surface area (Å²) in [6.45, 7) is 6.22. The Morgan fingerprint density at radius 3 is 2.57 bits per heavy atom. The summed E-state index contributed by atoms with van der Waals surface area (Å²) in [6, 6.07) is 4.17. The molecule has 0 aromatic heterocycles. The zero-order chi connectivity index (χ0) is 17.6. The van der Waals surface area contributed by atoms with Gasteiger partial charge >= 0.3 is 0 Å². The summed E-state index contributed by atoms with van der Waals surface area (Å²) in [5.41, 5.74) is 0.368. The van der Waals surface area contributed by atoms with Gasteiger partial charge in [0.05, 0.1) is 6.54 Å². The lowest BCUT2D eigenvalue weighted by molar-refractivity contribution is -0.122. The third-order valence-electron chi connectivity index (χ3n) is 2.93. The molecule has 0 aliphatic heterocycles. The highest BCUT2D eigenvalue weighted by Gasteiger charge is 2.16. The number of carbonyl (C=O) groups is 1. The number of likely N-dealkylation sites (N-methyl/N-ethyl adjacent to an activating group) is 1. The Morgan fingerprint density at radius 2 is 2.04 bits per heavy atom. The Labute approximate surface area is 136 Å². The summed E-state index contributed by atoms with van der Waals surface area (Å²) in [5.74, 6) is -0.646. The van der Waals surface area contributed by atoms with Crippen LogP contribution in [0.4, 0.5) is 4.39 Å². The molecular weight excluding hydrogens is 299 g/mol. The number of nitrogens with one attached hydrogen (secondary N) is 2. The number of nitrogens with zero attached hydrogens (tertiary/aromatic N) is 2. The van der Waals surface area contributed by atoms with Crippen LogP contribution in [0, 0.1) is 5.82 Å². The van der Waals surface area contributed by atoms with Crippen LogP contribution in [0.25, 0.3) is 0 Å². The summed E-state index contributed by atoms with van der Waals surface area (Å²) in [6.07, 6.45) is 0. The Morgan fingerprint density at radius 1 is 1.39 bits per heavy atom. The first-order chi connectivity index (χ1) is 10.6. The number of phenols is 1. The minimum absolute atomic E-state index is 0.112. The number of rotatable bonds is 4. The molecule has 23 heavy (non-hydrogen) atoms. The van der Waals surface area contributed by atoms with E-state index in [-0.39, 0.29) is 23.7 Å². The van der Waals surface area contributed by atoms with Crippen LogP contribution >= 0.6 is 0 Å². The smallest absolute Gasteiger partial charge is 0.240 e. The highest BCUT2D eigenvalue weighted by molar-refractivity contribution is 5.86.